The van der Waals surface area contributed by atoms with Gasteiger partial charge in [-0.05, 0) is 19.3 Å². The molecular weight excluding hydrogens is 318 g/mol. The highest BCUT2D eigenvalue weighted by molar-refractivity contribution is 7.11. The van der Waals surface area contributed by atoms with Crippen molar-refractivity contribution in [3.05, 3.63) is 15.6 Å². The predicted octanol–water partition coefficient (Wildman–Crippen LogP) is 6.19. The van der Waals surface area contributed by atoms with Gasteiger partial charge in [0.15, 0.2) is 0 Å². The highest BCUT2D eigenvalue weighted by Crippen LogP contribution is 2.22. The Bertz CT molecular complexity index is 456. The smallest absolute Gasteiger partial charge is 0.309 e. The van der Waals surface area contributed by atoms with Crippen LogP contribution >= 0.6 is 11.3 Å². The van der Waals surface area contributed by atoms with E-state index in [0.717, 1.165) is 28.4 Å². The molecule has 0 aliphatic carbocycles. The topological polar surface area (TPSA) is 50.2 Å². The molecule has 1 heterocycles. The standard InChI is InChI=1S/C20H35NO2S/c1-3-5-6-7-8-9-10-11-12-13-14-15-19-21-17(16-20(22)23)18(4-2)24-19/h3-16H2,1-2H3,(H,22,23). The molecule has 0 amide bonds. The van der Waals surface area contributed by atoms with Gasteiger partial charge in [0.05, 0.1) is 17.1 Å². The molecule has 0 bridgehead atoms. The van der Waals surface area contributed by atoms with Crippen LogP contribution in [-0.2, 0) is 24.1 Å². The molecule has 1 aromatic rings. The molecule has 0 aliphatic rings. The Balaban J connectivity index is 2.07. The van der Waals surface area contributed by atoms with E-state index < -0.39 is 5.97 Å². The second-order valence-corrected chi connectivity index (χ2v) is 7.86. The van der Waals surface area contributed by atoms with Crippen LogP contribution in [0.3, 0.4) is 0 Å². The van der Waals surface area contributed by atoms with Crippen LogP contribution < -0.4 is 0 Å². The molecule has 24 heavy (non-hydrogen) atoms. The van der Waals surface area contributed by atoms with E-state index in [9.17, 15) is 4.79 Å². The van der Waals surface area contributed by atoms with Gasteiger partial charge in [-0.2, -0.15) is 0 Å². The van der Waals surface area contributed by atoms with Crippen LogP contribution in [0, 0.1) is 0 Å². The lowest BCUT2D eigenvalue weighted by molar-refractivity contribution is -0.136. The molecule has 0 fully saturated rings. The van der Waals surface area contributed by atoms with Gasteiger partial charge in [-0.25, -0.2) is 4.98 Å². The minimum Gasteiger partial charge on any atom is -0.481 e. The summed E-state index contributed by atoms with van der Waals surface area (Å²) in [4.78, 5) is 16.6. The number of carboxylic acids is 1. The maximum atomic E-state index is 10.9. The average molecular weight is 354 g/mol. The number of nitrogens with zero attached hydrogens (tertiary/aromatic N) is 1. The summed E-state index contributed by atoms with van der Waals surface area (Å²) in [6.45, 7) is 4.34. The van der Waals surface area contributed by atoms with Crippen LogP contribution in [0.15, 0.2) is 0 Å². The van der Waals surface area contributed by atoms with Gasteiger partial charge >= 0.3 is 5.97 Å². The van der Waals surface area contributed by atoms with Crippen LogP contribution in [0.4, 0.5) is 0 Å². The van der Waals surface area contributed by atoms with Crippen molar-refractivity contribution in [3.8, 4) is 0 Å². The molecule has 3 nitrogen and oxygen atoms in total. The van der Waals surface area contributed by atoms with Crippen molar-refractivity contribution in [1.29, 1.82) is 0 Å². The van der Waals surface area contributed by atoms with Crippen molar-refractivity contribution in [1.82, 2.24) is 4.98 Å². The fraction of sp³-hybridized carbons (Fsp3) is 0.800. The van der Waals surface area contributed by atoms with E-state index in [2.05, 4.69) is 18.8 Å². The Labute approximate surface area is 151 Å². The second-order valence-electron chi connectivity index (χ2n) is 6.69. The normalized spacial score (nSPS) is 11.1. The van der Waals surface area contributed by atoms with Crippen molar-refractivity contribution in [2.45, 2.75) is 104 Å². The third kappa shape index (κ3) is 9.41. The maximum Gasteiger partial charge on any atom is 0.309 e. The lowest BCUT2D eigenvalue weighted by Crippen LogP contribution is -2.02. The van der Waals surface area contributed by atoms with E-state index in [0.29, 0.717) is 0 Å². The maximum absolute atomic E-state index is 10.9. The zero-order chi connectivity index (χ0) is 17.6. The summed E-state index contributed by atoms with van der Waals surface area (Å²) in [5.74, 6) is -0.781. The van der Waals surface area contributed by atoms with Gasteiger partial charge in [0.25, 0.3) is 0 Å². The zero-order valence-electron chi connectivity index (χ0n) is 15.6. The summed E-state index contributed by atoms with van der Waals surface area (Å²) in [5, 5.41) is 10.1. The van der Waals surface area contributed by atoms with Crippen molar-refractivity contribution in [3.63, 3.8) is 0 Å². The highest BCUT2D eigenvalue weighted by atomic mass is 32.1. The fourth-order valence-corrected chi connectivity index (χ4v) is 4.11. The number of carbonyl (C=O) groups is 1. The molecule has 0 saturated heterocycles. The molecule has 0 unspecified atom stereocenters. The Hall–Kier alpha value is -0.900. The van der Waals surface area contributed by atoms with Crippen LogP contribution in [0.2, 0.25) is 0 Å². The first-order valence-electron chi connectivity index (χ1n) is 9.86. The quantitative estimate of drug-likeness (QED) is 0.383. The third-order valence-electron chi connectivity index (χ3n) is 4.46. The minimum absolute atomic E-state index is 0.0674. The van der Waals surface area contributed by atoms with Crippen molar-refractivity contribution < 1.29 is 9.90 Å². The number of carboxylic acid groups (broad SMARTS) is 1. The van der Waals surface area contributed by atoms with Crippen molar-refractivity contribution in [2.75, 3.05) is 0 Å². The molecule has 0 saturated carbocycles. The van der Waals surface area contributed by atoms with E-state index in [1.807, 2.05) is 0 Å². The first kappa shape index (κ1) is 21.1. The highest BCUT2D eigenvalue weighted by Gasteiger charge is 2.12. The molecule has 0 spiro atoms. The number of unbranched alkanes of at least 4 members (excludes halogenated alkanes) is 10. The number of hydrogen-bond acceptors (Lipinski definition) is 3. The Morgan fingerprint density at radius 2 is 1.46 bits per heavy atom. The van der Waals surface area contributed by atoms with Gasteiger partial charge in [0, 0.05) is 4.88 Å². The van der Waals surface area contributed by atoms with Crippen LogP contribution in [-0.4, -0.2) is 16.1 Å². The number of hydrogen-bond donors (Lipinski definition) is 1. The molecule has 0 aromatic carbocycles. The monoisotopic (exact) mass is 353 g/mol. The van der Waals surface area contributed by atoms with Gasteiger partial charge in [-0.3, -0.25) is 4.79 Å². The number of thiazole rings is 1. The molecular formula is C20H35NO2S. The summed E-state index contributed by atoms with van der Waals surface area (Å²) in [6.07, 6.45) is 16.8. The van der Waals surface area contributed by atoms with Gasteiger partial charge in [0.1, 0.15) is 0 Å². The Morgan fingerprint density at radius 1 is 0.917 bits per heavy atom. The predicted molar refractivity (Wildman–Crippen MR) is 103 cm³/mol. The molecule has 0 atom stereocenters. The molecule has 138 valence electrons. The molecule has 1 aromatic heterocycles. The molecule has 1 N–H and O–H groups in total. The van der Waals surface area contributed by atoms with Crippen LogP contribution in [0.5, 0.6) is 0 Å². The SMILES string of the molecule is CCCCCCCCCCCCCc1nc(CC(=O)O)c(CC)s1. The minimum atomic E-state index is -0.781. The fourth-order valence-electron chi connectivity index (χ4n) is 3.04. The first-order chi connectivity index (χ1) is 11.7. The number of aromatic nitrogens is 1. The average Bonchev–Trinajstić information content (AvgIpc) is 2.93. The summed E-state index contributed by atoms with van der Waals surface area (Å²) in [5.41, 5.74) is 0.785. The summed E-state index contributed by atoms with van der Waals surface area (Å²) >= 11 is 1.71. The van der Waals surface area contributed by atoms with Crippen molar-refractivity contribution in [2.24, 2.45) is 0 Å². The van der Waals surface area contributed by atoms with E-state index in [1.54, 1.807) is 11.3 Å². The van der Waals surface area contributed by atoms with Gasteiger partial charge in [-0.1, -0.05) is 78.1 Å². The molecule has 0 aliphatic heterocycles. The van der Waals surface area contributed by atoms with Crippen molar-refractivity contribution >= 4 is 17.3 Å². The van der Waals surface area contributed by atoms with E-state index in [1.165, 1.54) is 70.6 Å². The van der Waals surface area contributed by atoms with Gasteiger partial charge < -0.3 is 5.11 Å². The largest absolute Gasteiger partial charge is 0.481 e. The molecule has 4 heteroatoms. The first-order valence-corrected chi connectivity index (χ1v) is 10.7. The third-order valence-corrected chi connectivity index (χ3v) is 5.76. The van der Waals surface area contributed by atoms with E-state index in [-0.39, 0.29) is 6.42 Å². The summed E-state index contributed by atoms with van der Waals surface area (Å²) in [6, 6.07) is 0. The van der Waals surface area contributed by atoms with Crippen LogP contribution in [0.25, 0.3) is 0 Å². The summed E-state index contributed by atoms with van der Waals surface area (Å²) in [7, 11) is 0. The second kappa shape index (κ2) is 13.4. The van der Waals surface area contributed by atoms with Crippen LogP contribution in [0.1, 0.15) is 100 Å². The lowest BCUT2D eigenvalue weighted by atomic mass is 10.1. The lowest BCUT2D eigenvalue weighted by Gasteiger charge is -2.02. The summed E-state index contributed by atoms with van der Waals surface area (Å²) < 4.78 is 0. The zero-order valence-corrected chi connectivity index (χ0v) is 16.4. The Kier molecular flexibility index (Phi) is 11.8. The number of rotatable bonds is 15. The van der Waals surface area contributed by atoms with E-state index >= 15 is 0 Å². The number of aryl methyl sites for hydroxylation is 2. The van der Waals surface area contributed by atoms with Gasteiger partial charge in [-0.15, -0.1) is 11.3 Å². The number of aliphatic carboxylic acids is 1. The molecule has 1 rings (SSSR count). The molecule has 0 radical (unpaired) electrons. The van der Waals surface area contributed by atoms with E-state index in [4.69, 9.17) is 5.11 Å². The Morgan fingerprint density at radius 3 is 1.96 bits per heavy atom. The van der Waals surface area contributed by atoms with Gasteiger partial charge in [0.2, 0.25) is 0 Å².